The summed E-state index contributed by atoms with van der Waals surface area (Å²) >= 11 is 0. The van der Waals surface area contributed by atoms with Crippen LogP contribution in [0.25, 0.3) is 0 Å². The van der Waals surface area contributed by atoms with E-state index in [4.69, 9.17) is 0 Å². The maximum atomic E-state index is 4.56. The van der Waals surface area contributed by atoms with Crippen LogP contribution in [0.4, 0.5) is 5.95 Å². The molecule has 0 saturated carbocycles. The number of hydrogen-bond acceptors (Lipinski definition) is 5. The Morgan fingerprint density at radius 3 is 2.24 bits per heavy atom. The molecule has 8 heteroatoms. The molecule has 0 bridgehead atoms. The zero-order chi connectivity index (χ0) is 22.3. The van der Waals surface area contributed by atoms with Gasteiger partial charge in [-0.25, -0.2) is 9.97 Å². The Bertz CT molecular complexity index is 873. The number of hydrogen-bond donors (Lipinski definition) is 1. The molecule has 3 heterocycles. The number of halogens is 1. The summed E-state index contributed by atoms with van der Waals surface area (Å²) in [6, 6.07) is 10.7. The number of nitrogens with zero attached hydrogens (tertiary/aromatic N) is 6. The van der Waals surface area contributed by atoms with Gasteiger partial charge in [0.25, 0.3) is 0 Å². The van der Waals surface area contributed by atoms with Crippen LogP contribution in [0.15, 0.2) is 47.7 Å². The van der Waals surface area contributed by atoms with Crippen molar-refractivity contribution in [2.45, 2.75) is 33.4 Å². The lowest BCUT2D eigenvalue weighted by Gasteiger charge is -2.36. The summed E-state index contributed by atoms with van der Waals surface area (Å²) < 4.78 is 0. The standard InChI is InChI=1S/C25H37N7.HI/c1-20-15-21(2)18-30(17-20)19-23-8-5-4-7-22(23)16-29-24(26-3)31-11-13-32(14-12-31)25-27-9-6-10-28-25;/h4-10,20-21H,11-19H2,1-3H3,(H,26,29);1H. The first-order valence-electron chi connectivity index (χ1n) is 11.9. The molecule has 2 atom stereocenters. The first-order chi connectivity index (χ1) is 15.6. The van der Waals surface area contributed by atoms with E-state index in [1.54, 1.807) is 12.4 Å². The van der Waals surface area contributed by atoms with Crippen molar-refractivity contribution in [3.8, 4) is 0 Å². The van der Waals surface area contributed by atoms with Gasteiger partial charge in [-0.1, -0.05) is 38.1 Å². The Labute approximate surface area is 215 Å². The number of aromatic nitrogens is 2. The van der Waals surface area contributed by atoms with Gasteiger partial charge in [0.15, 0.2) is 5.96 Å². The Morgan fingerprint density at radius 1 is 0.970 bits per heavy atom. The van der Waals surface area contributed by atoms with Crippen LogP contribution < -0.4 is 10.2 Å². The predicted molar refractivity (Wildman–Crippen MR) is 146 cm³/mol. The van der Waals surface area contributed by atoms with Gasteiger partial charge in [0.2, 0.25) is 5.95 Å². The first kappa shape index (κ1) is 25.7. The molecule has 180 valence electrons. The van der Waals surface area contributed by atoms with E-state index in [-0.39, 0.29) is 24.0 Å². The fraction of sp³-hybridized carbons (Fsp3) is 0.560. The summed E-state index contributed by atoms with van der Waals surface area (Å²) in [4.78, 5) is 20.5. The van der Waals surface area contributed by atoms with Crippen molar-refractivity contribution in [3.63, 3.8) is 0 Å². The van der Waals surface area contributed by atoms with Crippen molar-refractivity contribution in [2.75, 3.05) is 51.2 Å². The van der Waals surface area contributed by atoms with E-state index in [1.165, 1.54) is 30.6 Å². The molecule has 0 amide bonds. The van der Waals surface area contributed by atoms with E-state index in [9.17, 15) is 0 Å². The Hall–Kier alpha value is -1.94. The van der Waals surface area contributed by atoms with Gasteiger partial charge in [0.1, 0.15) is 0 Å². The maximum Gasteiger partial charge on any atom is 0.225 e. The van der Waals surface area contributed by atoms with Crippen LogP contribution in [0.2, 0.25) is 0 Å². The van der Waals surface area contributed by atoms with Gasteiger partial charge >= 0.3 is 0 Å². The average Bonchev–Trinajstić information content (AvgIpc) is 2.81. The van der Waals surface area contributed by atoms with Gasteiger partial charge in [-0.3, -0.25) is 9.89 Å². The van der Waals surface area contributed by atoms with Crippen molar-refractivity contribution in [1.29, 1.82) is 0 Å². The fourth-order valence-corrected chi connectivity index (χ4v) is 5.13. The van der Waals surface area contributed by atoms with Crippen LogP contribution in [0.1, 0.15) is 31.4 Å². The second-order valence-corrected chi connectivity index (χ2v) is 9.33. The number of guanidine groups is 1. The third kappa shape index (κ3) is 7.02. The highest BCUT2D eigenvalue weighted by atomic mass is 127. The molecule has 1 aromatic heterocycles. The number of rotatable bonds is 5. The van der Waals surface area contributed by atoms with Crippen LogP contribution >= 0.6 is 24.0 Å². The number of benzene rings is 1. The molecular weight excluding hydrogens is 525 g/mol. The lowest BCUT2D eigenvalue weighted by Crippen LogP contribution is -2.52. The SMILES string of the molecule is CN=C(NCc1ccccc1CN1CC(C)CC(C)C1)N1CCN(c2ncccn2)CC1.I. The van der Waals surface area contributed by atoms with Crippen LogP contribution in [0.5, 0.6) is 0 Å². The summed E-state index contributed by atoms with van der Waals surface area (Å²) in [6.45, 7) is 12.6. The molecule has 7 nitrogen and oxygen atoms in total. The van der Waals surface area contributed by atoms with Gasteiger partial charge in [-0.15, -0.1) is 24.0 Å². The number of piperidine rings is 1. The van der Waals surface area contributed by atoms with Gasteiger partial charge in [-0.05, 0) is 35.4 Å². The molecule has 4 rings (SSSR count). The highest BCUT2D eigenvalue weighted by molar-refractivity contribution is 14.0. The molecule has 2 saturated heterocycles. The van der Waals surface area contributed by atoms with Crippen LogP contribution in [0, 0.1) is 11.8 Å². The second kappa shape index (κ2) is 12.5. The molecular formula is C25H38IN7. The van der Waals surface area contributed by atoms with Crippen molar-refractivity contribution in [2.24, 2.45) is 16.8 Å². The van der Waals surface area contributed by atoms with E-state index in [0.717, 1.165) is 63.0 Å². The van der Waals surface area contributed by atoms with Gasteiger partial charge in [0.05, 0.1) is 0 Å². The fourth-order valence-electron chi connectivity index (χ4n) is 5.13. The third-order valence-corrected chi connectivity index (χ3v) is 6.52. The van der Waals surface area contributed by atoms with Crippen LogP contribution in [-0.2, 0) is 13.1 Å². The number of piperazine rings is 1. The summed E-state index contributed by atoms with van der Waals surface area (Å²) in [5.41, 5.74) is 2.78. The first-order valence-corrected chi connectivity index (χ1v) is 11.9. The van der Waals surface area contributed by atoms with Gasteiger partial charge in [-0.2, -0.15) is 0 Å². The summed E-state index contributed by atoms with van der Waals surface area (Å²) in [7, 11) is 1.87. The van der Waals surface area contributed by atoms with Crippen molar-refractivity contribution in [3.05, 3.63) is 53.9 Å². The normalized spacial score (nSPS) is 22.1. The van der Waals surface area contributed by atoms with Crippen LogP contribution in [0.3, 0.4) is 0 Å². The highest BCUT2D eigenvalue weighted by Gasteiger charge is 2.23. The number of nitrogens with one attached hydrogen (secondary N) is 1. The van der Waals surface area contributed by atoms with E-state index in [1.807, 2.05) is 13.1 Å². The molecule has 2 aliphatic heterocycles. The lowest BCUT2D eigenvalue weighted by atomic mass is 9.91. The summed E-state index contributed by atoms with van der Waals surface area (Å²) in [5.74, 6) is 3.34. The molecule has 0 radical (unpaired) electrons. The molecule has 1 aromatic carbocycles. The number of anilines is 1. The van der Waals surface area contributed by atoms with E-state index in [2.05, 4.69) is 73.1 Å². The smallest absolute Gasteiger partial charge is 0.225 e. The molecule has 1 N–H and O–H groups in total. The van der Waals surface area contributed by atoms with Gasteiger partial charge in [0, 0.05) is 71.8 Å². The Balaban J connectivity index is 0.00000306. The second-order valence-electron chi connectivity index (χ2n) is 9.33. The van der Waals surface area contributed by atoms with Crippen molar-refractivity contribution < 1.29 is 0 Å². The monoisotopic (exact) mass is 563 g/mol. The van der Waals surface area contributed by atoms with E-state index in [0.29, 0.717) is 0 Å². The minimum absolute atomic E-state index is 0. The molecule has 2 unspecified atom stereocenters. The third-order valence-electron chi connectivity index (χ3n) is 6.52. The minimum Gasteiger partial charge on any atom is -0.352 e. The summed E-state index contributed by atoms with van der Waals surface area (Å²) in [6.07, 6.45) is 4.95. The Kier molecular flexibility index (Phi) is 9.73. The lowest BCUT2D eigenvalue weighted by molar-refractivity contribution is 0.134. The minimum atomic E-state index is 0. The zero-order valence-corrected chi connectivity index (χ0v) is 22.5. The highest BCUT2D eigenvalue weighted by Crippen LogP contribution is 2.23. The molecule has 2 aromatic rings. The van der Waals surface area contributed by atoms with Crippen molar-refractivity contribution in [1.82, 2.24) is 25.1 Å². The Morgan fingerprint density at radius 2 is 1.61 bits per heavy atom. The quantitative estimate of drug-likeness (QED) is 0.342. The zero-order valence-electron chi connectivity index (χ0n) is 20.2. The summed E-state index contributed by atoms with van der Waals surface area (Å²) in [5, 5.41) is 3.61. The maximum absolute atomic E-state index is 4.56. The van der Waals surface area contributed by atoms with Gasteiger partial charge < -0.3 is 15.1 Å². The molecule has 0 spiro atoms. The molecule has 33 heavy (non-hydrogen) atoms. The number of aliphatic imine (C=N–C) groups is 1. The molecule has 2 fully saturated rings. The number of likely N-dealkylation sites (tertiary alicyclic amines) is 1. The average molecular weight is 564 g/mol. The largest absolute Gasteiger partial charge is 0.352 e. The molecule has 0 aliphatic carbocycles. The van der Waals surface area contributed by atoms with Crippen molar-refractivity contribution >= 4 is 35.9 Å². The van der Waals surface area contributed by atoms with E-state index >= 15 is 0 Å². The predicted octanol–water partition coefficient (Wildman–Crippen LogP) is 3.47. The van der Waals surface area contributed by atoms with E-state index < -0.39 is 0 Å². The van der Waals surface area contributed by atoms with Crippen LogP contribution in [-0.4, -0.2) is 72.0 Å². The molecule has 2 aliphatic rings. The topological polar surface area (TPSA) is 59.9 Å².